The van der Waals surface area contributed by atoms with Gasteiger partial charge < -0.3 is 5.32 Å². The molecule has 1 heterocycles. The summed E-state index contributed by atoms with van der Waals surface area (Å²) in [6.45, 7) is 7.64. The number of hydrogen-bond donors (Lipinski definition) is 1. The predicted molar refractivity (Wildman–Crippen MR) is 45.4 cm³/mol. The Morgan fingerprint density at radius 1 is 1.64 bits per heavy atom. The molecule has 2 heteroatoms. The quantitative estimate of drug-likeness (QED) is 0.613. The minimum atomic E-state index is 0.337. The van der Waals surface area contributed by atoms with Gasteiger partial charge in [-0.3, -0.25) is 4.79 Å². The zero-order valence-electron chi connectivity index (χ0n) is 7.02. The number of carbonyl (C=O) groups is 1. The van der Waals surface area contributed by atoms with Crippen LogP contribution in [0.4, 0.5) is 0 Å². The Kier molecular flexibility index (Phi) is 2.83. The SMILES string of the molecule is C=C(C)CC(=O)CC1CNC1. The molecule has 0 spiro atoms. The Morgan fingerprint density at radius 2 is 2.27 bits per heavy atom. The van der Waals surface area contributed by atoms with E-state index in [0.29, 0.717) is 18.1 Å². The number of hydrogen-bond acceptors (Lipinski definition) is 2. The van der Waals surface area contributed by atoms with Crippen molar-refractivity contribution in [1.29, 1.82) is 0 Å². The van der Waals surface area contributed by atoms with Crippen molar-refractivity contribution in [3.63, 3.8) is 0 Å². The molecule has 1 aliphatic rings. The van der Waals surface area contributed by atoms with Crippen LogP contribution in [0.15, 0.2) is 12.2 Å². The molecule has 0 saturated carbocycles. The van der Waals surface area contributed by atoms with Crippen LogP contribution in [0.5, 0.6) is 0 Å². The highest BCUT2D eigenvalue weighted by atomic mass is 16.1. The lowest BCUT2D eigenvalue weighted by Gasteiger charge is -2.26. The lowest BCUT2D eigenvalue weighted by atomic mass is 9.94. The third-order valence-corrected chi connectivity index (χ3v) is 1.88. The van der Waals surface area contributed by atoms with E-state index < -0.39 is 0 Å². The third-order valence-electron chi connectivity index (χ3n) is 1.88. The summed E-state index contributed by atoms with van der Waals surface area (Å²) in [6, 6.07) is 0. The molecular formula is C9H15NO. The van der Waals surface area contributed by atoms with E-state index in [-0.39, 0.29) is 0 Å². The second kappa shape index (κ2) is 3.67. The monoisotopic (exact) mass is 153 g/mol. The second-order valence-corrected chi connectivity index (χ2v) is 3.40. The van der Waals surface area contributed by atoms with Crippen LogP contribution in [-0.2, 0) is 4.79 Å². The highest BCUT2D eigenvalue weighted by Gasteiger charge is 2.19. The zero-order chi connectivity index (χ0) is 8.27. The molecule has 0 amide bonds. The average Bonchev–Trinajstić information content (AvgIpc) is 1.77. The normalized spacial score (nSPS) is 17.5. The molecule has 1 fully saturated rings. The fourth-order valence-electron chi connectivity index (χ4n) is 1.22. The van der Waals surface area contributed by atoms with Crippen molar-refractivity contribution in [2.24, 2.45) is 5.92 Å². The van der Waals surface area contributed by atoms with Gasteiger partial charge in [-0.25, -0.2) is 0 Å². The van der Waals surface area contributed by atoms with E-state index in [4.69, 9.17) is 0 Å². The van der Waals surface area contributed by atoms with E-state index in [2.05, 4.69) is 11.9 Å². The van der Waals surface area contributed by atoms with Gasteiger partial charge in [0.2, 0.25) is 0 Å². The topological polar surface area (TPSA) is 29.1 Å². The molecule has 2 nitrogen and oxygen atoms in total. The van der Waals surface area contributed by atoms with Gasteiger partial charge in [0.1, 0.15) is 5.78 Å². The highest BCUT2D eigenvalue weighted by molar-refractivity contribution is 5.80. The van der Waals surface area contributed by atoms with Crippen molar-refractivity contribution in [2.75, 3.05) is 13.1 Å². The smallest absolute Gasteiger partial charge is 0.137 e. The van der Waals surface area contributed by atoms with Crippen LogP contribution >= 0.6 is 0 Å². The van der Waals surface area contributed by atoms with E-state index in [1.54, 1.807) is 0 Å². The summed E-state index contributed by atoms with van der Waals surface area (Å²) >= 11 is 0. The molecule has 11 heavy (non-hydrogen) atoms. The van der Waals surface area contributed by atoms with E-state index in [1.807, 2.05) is 6.92 Å². The van der Waals surface area contributed by atoms with Gasteiger partial charge in [-0.15, -0.1) is 0 Å². The Labute approximate surface area is 67.7 Å². The Bertz CT molecular complexity index is 170. The van der Waals surface area contributed by atoms with Crippen molar-refractivity contribution < 1.29 is 4.79 Å². The number of rotatable bonds is 4. The molecule has 0 unspecified atom stereocenters. The Morgan fingerprint density at radius 3 is 2.64 bits per heavy atom. The second-order valence-electron chi connectivity index (χ2n) is 3.40. The van der Waals surface area contributed by atoms with E-state index >= 15 is 0 Å². The van der Waals surface area contributed by atoms with Gasteiger partial charge in [0.25, 0.3) is 0 Å². The van der Waals surface area contributed by atoms with Crippen molar-refractivity contribution >= 4 is 5.78 Å². The maximum absolute atomic E-state index is 11.2. The van der Waals surface area contributed by atoms with E-state index in [1.165, 1.54) is 0 Å². The van der Waals surface area contributed by atoms with E-state index in [9.17, 15) is 4.79 Å². The minimum absolute atomic E-state index is 0.337. The predicted octanol–water partition coefficient (Wildman–Crippen LogP) is 1.13. The van der Waals surface area contributed by atoms with Crippen LogP contribution in [0.2, 0.25) is 0 Å². The van der Waals surface area contributed by atoms with Gasteiger partial charge in [0.05, 0.1) is 0 Å². The molecule has 0 radical (unpaired) electrons. The molecule has 0 aromatic rings. The summed E-state index contributed by atoms with van der Waals surface area (Å²) in [5, 5.41) is 3.15. The summed E-state index contributed by atoms with van der Waals surface area (Å²) < 4.78 is 0. The third kappa shape index (κ3) is 2.85. The number of ketones is 1. The highest BCUT2D eigenvalue weighted by Crippen LogP contribution is 2.11. The number of Topliss-reactive ketones (excluding diaryl/α,β-unsaturated/α-hetero) is 1. The largest absolute Gasteiger partial charge is 0.316 e. The molecule has 1 N–H and O–H groups in total. The number of nitrogens with one attached hydrogen (secondary N) is 1. The van der Waals surface area contributed by atoms with Crippen molar-refractivity contribution in [1.82, 2.24) is 5.32 Å². The fourth-order valence-corrected chi connectivity index (χ4v) is 1.22. The van der Waals surface area contributed by atoms with Crippen LogP contribution in [0.1, 0.15) is 19.8 Å². The first-order valence-corrected chi connectivity index (χ1v) is 4.05. The lowest BCUT2D eigenvalue weighted by molar-refractivity contribution is -0.119. The maximum Gasteiger partial charge on any atom is 0.137 e. The molecule has 62 valence electrons. The van der Waals surface area contributed by atoms with Crippen LogP contribution in [-0.4, -0.2) is 18.9 Å². The van der Waals surface area contributed by atoms with Crippen LogP contribution in [0.3, 0.4) is 0 Å². The van der Waals surface area contributed by atoms with Gasteiger partial charge in [-0.1, -0.05) is 12.2 Å². The van der Waals surface area contributed by atoms with Crippen molar-refractivity contribution in [2.45, 2.75) is 19.8 Å². The lowest BCUT2D eigenvalue weighted by Crippen LogP contribution is -2.42. The molecule has 0 aromatic carbocycles. The molecular weight excluding hydrogens is 138 g/mol. The van der Waals surface area contributed by atoms with Crippen LogP contribution in [0, 0.1) is 5.92 Å². The molecule has 1 saturated heterocycles. The Balaban J connectivity index is 2.14. The maximum atomic E-state index is 11.2. The van der Waals surface area contributed by atoms with Crippen LogP contribution < -0.4 is 5.32 Å². The zero-order valence-corrected chi connectivity index (χ0v) is 7.02. The van der Waals surface area contributed by atoms with Crippen molar-refractivity contribution in [3.8, 4) is 0 Å². The summed E-state index contributed by atoms with van der Waals surface area (Å²) in [4.78, 5) is 11.2. The summed E-state index contributed by atoms with van der Waals surface area (Å²) in [6.07, 6.45) is 1.30. The summed E-state index contributed by atoms with van der Waals surface area (Å²) in [5.74, 6) is 0.936. The summed E-state index contributed by atoms with van der Waals surface area (Å²) in [7, 11) is 0. The standard InChI is InChI=1S/C9H15NO/c1-7(2)3-9(11)4-8-5-10-6-8/h8,10H,1,3-6H2,2H3. The average molecular weight is 153 g/mol. The van der Waals surface area contributed by atoms with Gasteiger partial charge in [0.15, 0.2) is 0 Å². The number of allylic oxidation sites excluding steroid dienone is 1. The van der Waals surface area contributed by atoms with Gasteiger partial charge in [0, 0.05) is 12.8 Å². The molecule has 1 rings (SSSR count). The molecule has 0 bridgehead atoms. The fraction of sp³-hybridized carbons (Fsp3) is 0.667. The molecule has 0 aromatic heterocycles. The number of carbonyl (C=O) groups excluding carboxylic acids is 1. The molecule has 0 aliphatic carbocycles. The van der Waals surface area contributed by atoms with Gasteiger partial charge in [-0.05, 0) is 25.9 Å². The first-order valence-electron chi connectivity index (χ1n) is 4.05. The Hall–Kier alpha value is -0.630. The first kappa shape index (κ1) is 8.47. The minimum Gasteiger partial charge on any atom is -0.316 e. The van der Waals surface area contributed by atoms with Gasteiger partial charge in [-0.2, -0.15) is 0 Å². The summed E-state index contributed by atoms with van der Waals surface area (Å²) in [5.41, 5.74) is 0.974. The molecule has 1 aliphatic heterocycles. The first-order chi connectivity index (χ1) is 5.18. The van der Waals surface area contributed by atoms with Gasteiger partial charge >= 0.3 is 0 Å². The molecule has 0 atom stereocenters. The van der Waals surface area contributed by atoms with E-state index in [0.717, 1.165) is 25.1 Å². The van der Waals surface area contributed by atoms with Crippen LogP contribution in [0.25, 0.3) is 0 Å². The van der Waals surface area contributed by atoms with Crippen molar-refractivity contribution in [3.05, 3.63) is 12.2 Å².